The van der Waals surface area contributed by atoms with Crippen LogP contribution >= 0.6 is 22.7 Å². The van der Waals surface area contributed by atoms with Gasteiger partial charge in [-0.25, -0.2) is 14.6 Å². The summed E-state index contributed by atoms with van der Waals surface area (Å²) >= 11 is 3.02. The zero-order valence-electron chi connectivity index (χ0n) is 15.9. The van der Waals surface area contributed by atoms with E-state index in [0.29, 0.717) is 23.7 Å². The van der Waals surface area contributed by atoms with Crippen LogP contribution in [0.15, 0.2) is 17.6 Å². The van der Waals surface area contributed by atoms with E-state index in [9.17, 15) is 9.59 Å². The van der Waals surface area contributed by atoms with E-state index < -0.39 is 5.97 Å². The number of hydrogen-bond donors (Lipinski definition) is 1. The SMILES string of the molecule is COC(=O)c1cc(C(C)(C)C)sc1NC(=O)N1CCN(c2nccs2)CC1. The average molecular weight is 409 g/mol. The quantitative estimate of drug-likeness (QED) is 0.785. The van der Waals surface area contributed by atoms with Crippen molar-refractivity contribution in [2.45, 2.75) is 26.2 Å². The lowest BCUT2D eigenvalue weighted by Gasteiger charge is -2.34. The van der Waals surface area contributed by atoms with Gasteiger partial charge in [0.25, 0.3) is 0 Å². The molecule has 146 valence electrons. The molecule has 1 aliphatic rings. The molecule has 27 heavy (non-hydrogen) atoms. The molecule has 3 rings (SSSR count). The molecule has 1 saturated heterocycles. The molecule has 0 unspecified atom stereocenters. The summed E-state index contributed by atoms with van der Waals surface area (Å²) in [6, 6.07) is 1.62. The summed E-state index contributed by atoms with van der Waals surface area (Å²) in [5.41, 5.74) is 0.289. The van der Waals surface area contributed by atoms with Crippen LogP contribution in [0, 0.1) is 0 Å². The molecular formula is C18H24N4O3S2. The first-order valence-corrected chi connectivity index (χ1v) is 10.4. The number of piperazine rings is 1. The van der Waals surface area contributed by atoms with Crippen LogP contribution in [-0.4, -0.2) is 55.2 Å². The maximum Gasteiger partial charge on any atom is 0.340 e. The molecule has 0 aliphatic carbocycles. The Hall–Kier alpha value is -2.13. The van der Waals surface area contributed by atoms with Gasteiger partial charge in [0.15, 0.2) is 5.13 Å². The minimum absolute atomic E-state index is 0.115. The summed E-state index contributed by atoms with van der Waals surface area (Å²) in [5.74, 6) is -0.439. The first-order valence-electron chi connectivity index (χ1n) is 8.72. The van der Waals surface area contributed by atoms with Gasteiger partial charge in [0.05, 0.1) is 12.7 Å². The molecule has 0 saturated carbocycles. The van der Waals surface area contributed by atoms with E-state index in [4.69, 9.17) is 4.74 Å². The van der Waals surface area contributed by atoms with Gasteiger partial charge < -0.3 is 14.5 Å². The predicted octanol–water partition coefficient (Wildman–Crippen LogP) is 3.64. The van der Waals surface area contributed by atoms with Gasteiger partial charge in [-0.15, -0.1) is 22.7 Å². The Morgan fingerprint density at radius 2 is 1.93 bits per heavy atom. The smallest absolute Gasteiger partial charge is 0.340 e. The van der Waals surface area contributed by atoms with Crippen LogP contribution < -0.4 is 10.2 Å². The Bertz CT molecular complexity index is 803. The fourth-order valence-electron chi connectivity index (χ4n) is 2.76. The highest BCUT2D eigenvalue weighted by Gasteiger charge is 2.27. The van der Waals surface area contributed by atoms with Crippen molar-refractivity contribution in [2.24, 2.45) is 0 Å². The second-order valence-corrected chi connectivity index (χ2v) is 9.24. The lowest BCUT2D eigenvalue weighted by atomic mass is 9.94. The molecule has 2 amide bonds. The number of esters is 1. The highest BCUT2D eigenvalue weighted by atomic mass is 32.1. The van der Waals surface area contributed by atoms with Gasteiger partial charge >= 0.3 is 12.0 Å². The molecule has 7 nitrogen and oxygen atoms in total. The normalized spacial score (nSPS) is 15.0. The van der Waals surface area contributed by atoms with E-state index in [-0.39, 0.29) is 11.4 Å². The zero-order chi connectivity index (χ0) is 19.6. The first kappa shape index (κ1) is 19.6. The van der Waals surface area contributed by atoms with Crippen LogP contribution in [0.3, 0.4) is 0 Å². The summed E-state index contributed by atoms with van der Waals surface area (Å²) < 4.78 is 4.88. The largest absolute Gasteiger partial charge is 0.465 e. The summed E-state index contributed by atoms with van der Waals surface area (Å²) in [6.07, 6.45) is 1.79. The van der Waals surface area contributed by atoms with Crippen molar-refractivity contribution in [3.63, 3.8) is 0 Å². The number of methoxy groups -OCH3 is 1. The minimum atomic E-state index is -0.439. The Morgan fingerprint density at radius 3 is 2.48 bits per heavy atom. The molecule has 2 aromatic rings. The second kappa shape index (κ2) is 7.85. The van der Waals surface area contributed by atoms with Crippen molar-refractivity contribution < 1.29 is 14.3 Å². The third-order valence-corrected chi connectivity index (χ3v) is 6.66. The number of rotatable bonds is 3. The van der Waals surface area contributed by atoms with Gasteiger partial charge in [0.1, 0.15) is 5.00 Å². The number of thiophene rings is 1. The molecule has 0 radical (unpaired) electrons. The van der Waals surface area contributed by atoms with E-state index in [1.54, 1.807) is 22.4 Å². The molecular weight excluding hydrogens is 384 g/mol. The Labute approximate surface area is 167 Å². The molecule has 2 aromatic heterocycles. The topological polar surface area (TPSA) is 74.8 Å². The fraction of sp³-hybridized carbons (Fsp3) is 0.500. The number of urea groups is 1. The molecule has 9 heteroatoms. The van der Waals surface area contributed by atoms with Crippen LogP contribution in [0.2, 0.25) is 0 Å². The standard InChI is InChI=1S/C18H24N4O3S2/c1-18(2,3)13-11-12(15(23)25-4)14(27-13)20-16(24)21-6-8-22(9-7-21)17-19-5-10-26-17/h5,10-11H,6-9H2,1-4H3,(H,20,24). The van der Waals surface area contributed by atoms with E-state index in [1.807, 2.05) is 11.4 Å². The van der Waals surface area contributed by atoms with Crippen molar-refractivity contribution in [3.05, 3.63) is 28.1 Å². The zero-order valence-corrected chi connectivity index (χ0v) is 17.6. The van der Waals surface area contributed by atoms with Crippen molar-refractivity contribution in [1.29, 1.82) is 0 Å². The summed E-state index contributed by atoms with van der Waals surface area (Å²) in [6.45, 7) is 8.91. The summed E-state index contributed by atoms with van der Waals surface area (Å²) in [4.78, 5) is 34.1. The highest BCUT2D eigenvalue weighted by molar-refractivity contribution is 7.16. The van der Waals surface area contributed by atoms with Crippen LogP contribution in [0.5, 0.6) is 0 Å². The first-order chi connectivity index (χ1) is 12.8. The van der Waals surface area contributed by atoms with E-state index in [0.717, 1.165) is 23.1 Å². The number of nitrogens with zero attached hydrogens (tertiary/aromatic N) is 3. The fourth-order valence-corrected chi connectivity index (χ4v) is 4.55. The number of nitrogens with one attached hydrogen (secondary N) is 1. The molecule has 3 heterocycles. The number of thiazole rings is 1. The maximum absolute atomic E-state index is 12.7. The van der Waals surface area contributed by atoms with E-state index in [2.05, 4.69) is 36.0 Å². The van der Waals surface area contributed by atoms with Gasteiger partial charge in [-0.2, -0.15) is 0 Å². The minimum Gasteiger partial charge on any atom is -0.465 e. The molecule has 0 bridgehead atoms. The predicted molar refractivity (Wildman–Crippen MR) is 109 cm³/mol. The number of carbonyl (C=O) groups excluding carboxylic acids is 2. The molecule has 0 spiro atoms. The van der Waals surface area contributed by atoms with Gasteiger partial charge in [-0.05, 0) is 11.5 Å². The van der Waals surface area contributed by atoms with Crippen LogP contribution in [-0.2, 0) is 10.2 Å². The maximum atomic E-state index is 12.7. The number of anilines is 2. The molecule has 1 aliphatic heterocycles. The Balaban J connectivity index is 1.69. The molecule has 1 fully saturated rings. The lowest BCUT2D eigenvalue weighted by molar-refractivity contribution is 0.0602. The molecule has 0 aromatic carbocycles. The van der Waals surface area contributed by atoms with Gasteiger partial charge in [0, 0.05) is 42.6 Å². The van der Waals surface area contributed by atoms with Crippen molar-refractivity contribution in [1.82, 2.24) is 9.88 Å². The Kier molecular flexibility index (Phi) is 5.71. The Morgan fingerprint density at radius 1 is 1.22 bits per heavy atom. The summed E-state index contributed by atoms with van der Waals surface area (Å²) in [7, 11) is 1.35. The number of hydrogen-bond acceptors (Lipinski definition) is 7. The van der Waals surface area contributed by atoms with Crippen molar-refractivity contribution >= 4 is 44.8 Å². The molecule has 0 atom stereocenters. The number of amides is 2. The number of ether oxygens (including phenoxy) is 1. The van der Waals surface area contributed by atoms with Gasteiger partial charge in [0.2, 0.25) is 0 Å². The number of aromatic nitrogens is 1. The average Bonchev–Trinajstić information content (AvgIpc) is 3.31. The van der Waals surface area contributed by atoms with E-state index in [1.165, 1.54) is 18.4 Å². The van der Waals surface area contributed by atoms with Crippen LogP contribution in [0.1, 0.15) is 36.0 Å². The highest BCUT2D eigenvalue weighted by Crippen LogP contribution is 2.36. The van der Waals surface area contributed by atoms with Crippen molar-refractivity contribution in [2.75, 3.05) is 43.5 Å². The van der Waals surface area contributed by atoms with Gasteiger partial charge in [-0.1, -0.05) is 20.8 Å². The van der Waals surface area contributed by atoms with E-state index >= 15 is 0 Å². The molecule has 1 N–H and O–H groups in total. The number of carbonyl (C=O) groups is 2. The van der Waals surface area contributed by atoms with Crippen LogP contribution in [0.25, 0.3) is 0 Å². The third kappa shape index (κ3) is 4.41. The van der Waals surface area contributed by atoms with Crippen molar-refractivity contribution in [3.8, 4) is 0 Å². The lowest BCUT2D eigenvalue weighted by Crippen LogP contribution is -2.50. The van der Waals surface area contributed by atoms with Gasteiger partial charge in [-0.3, -0.25) is 5.32 Å². The second-order valence-electron chi connectivity index (χ2n) is 7.31. The van der Waals surface area contributed by atoms with Crippen LogP contribution in [0.4, 0.5) is 14.9 Å². The third-order valence-electron chi connectivity index (χ3n) is 4.35. The summed E-state index contributed by atoms with van der Waals surface area (Å²) in [5, 5.41) is 6.38. The monoisotopic (exact) mass is 408 g/mol.